The van der Waals surface area contributed by atoms with E-state index in [2.05, 4.69) is 4.74 Å². The van der Waals surface area contributed by atoms with Crippen LogP contribution >= 0.6 is 0 Å². The van der Waals surface area contributed by atoms with Crippen molar-refractivity contribution < 1.29 is 19.7 Å². The standard InChI is InChI=1S/C6H12O4/c1-4(10-3)6(2,9)5(7)8/h4,9H,1-3H3,(H,7,8). The molecular formula is C6H12O4. The van der Waals surface area contributed by atoms with E-state index in [4.69, 9.17) is 10.2 Å². The third kappa shape index (κ3) is 1.68. The van der Waals surface area contributed by atoms with Gasteiger partial charge in [0.05, 0.1) is 6.10 Å². The van der Waals surface area contributed by atoms with Crippen LogP contribution in [0.5, 0.6) is 0 Å². The molecule has 0 aromatic heterocycles. The SMILES string of the molecule is COC(C)C(C)(O)C(=O)O. The molecule has 0 amide bonds. The zero-order valence-corrected chi connectivity index (χ0v) is 6.29. The lowest BCUT2D eigenvalue weighted by Gasteiger charge is -2.23. The van der Waals surface area contributed by atoms with Crippen molar-refractivity contribution in [3.05, 3.63) is 0 Å². The van der Waals surface area contributed by atoms with E-state index < -0.39 is 17.7 Å². The van der Waals surface area contributed by atoms with Crippen molar-refractivity contribution in [1.82, 2.24) is 0 Å². The molecule has 0 aromatic rings. The molecular weight excluding hydrogens is 136 g/mol. The largest absolute Gasteiger partial charge is 0.479 e. The minimum atomic E-state index is -1.80. The van der Waals surface area contributed by atoms with Gasteiger partial charge in [0.25, 0.3) is 0 Å². The second-order valence-electron chi connectivity index (χ2n) is 2.33. The van der Waals surface area contributed by atoms with E-state index in [1.165, 1.54) is 21.0 Å². The smallest absolute Gasteiger partial charge is 0.338 e. The van der Waals surface area contributed by atoms with Crippen LogP contribution in [0.4, 0.5) is 0 Å². The maximum Gasteiger partial charge on any atom is 0.338 e. The Morgan fingerprint density at radius 2 is 2.10 bits per heavy atom. The van der Waals surface area contributed by atoms with Crippen LogP contribution < -0.4 is 0 Å². The zero-order chi connectivity index (χ0) is 8.36. The van der Waals surface area contributed by atoms with E-state index >= 15 is 0 Å². The molecule has 0 saturated carbocycles. The van der Waals surface area contributed by atoms with Gasteiger partial charge in [0.1, 0.15) is 0 Å². The van der Waals surface area contributed by atoms with E-state index in [-0.39, 0.29) is 0 Å². The van der Waals surface area contributed by atoms with Crippen LogP contribution in [-0.4, -0.2) is 35.0 Å². The molecule has 0 aromatic carbocycles. The first kappa shape index (κ1) is 9.39. The third-order valence-corrected chi connectivity index (χ3v) is 1.58. The van der Waals surface area contributed by atoms with Gasteiger partial charge in [-0.2, -0.15) is 0 Å². The Bertz CT molecular complexity index is 130. The molecule has 0 spiro atoms. The molecule has 0 bridgehead atoms. The van der Waals surface area contributed by atoms with Crippen LogP contribution in [0.15, 0.2) is 0 Å². The lowest BCUT2D eigenvalue weighted by atomic mass is 10.0. The average Bonchev–Trinajstić information content (AvgIpc) is 1.86. The number of carboxylic acids is 1. The van der Waals surface area contributed by atoms with E-state index in [1.807, 2.05) is 0 Å². The van der Waals surface area contributed by atoms with Crippen LogP contribution in [0.25, 0.3) is 0 Å². The summed E-state index contributed by atoms with van der Waals surface area (Å²) >= 11 is 0. The van der Waals surface area contributed by atoms with Gasteiger partial charge >= 0.3 is 5.97 Å². The maximum atomic E-state index is 10.3. The predicted molar refractivity (Wildman–Crippen MR) is 34.7 cm³/mol. The van der Waals surface area contributed by atoms with E-state index in [0.717, 1.165) is 0 Å². The van der Waals surface area contributed by atoms with Crippen LogP contribution in [0.2, 0.25) is 0 Å². The summed E-state index contributed by atoms with van der Waals surface area (Å²) in [5, 5.41) is 17.5. The van der Waals surface area contributed by atoms with E-state index in [1.54, 1.807) is 0 Å². The van der Waals surface area contributed by atoms with Gasteiger partial charge in [-0.05, 0) is 13.8 Å². The number of hydrogen-bond donors (Lipinski definition) is 2. The summed E-state index contributed by atoms with van der Waals surface area (Å²) in [6.07, 6.45) is -0.704. The van der Waals surface area contributed by atoms with Gasteiger partial charge in [0.15, 0.2) is 5.60 Å². The topological polar surface area (TPSA) is 66.8 Å². The summed E-state index contributed by atoms with van der Waals surface area (Å²) < 4.78 is 4.65. The summed E-state index contributed by atoms with van der Waals surface area (Å²) in [7, 11) is 1.35. The monoisotopic (exact) mass is 148 g/mol. The van der Waals surface area contributed by atoms with Crippen molar-refractivity contribution in [3.8, 4) is 0 Å². The quantitative estimate of drug-likeness (QED) is 0.584. The molecule has 2 atom stereocenters. The highest BCUT2D eigenvalue weighted by atomic mass is 16.5. The molecule has 0 fully saturated rings. The highest BCUT2D eigenvalue weighted by Crippen LogP contribution is 2.11. The summed E-state index contributed by atoms with van der Waals surface area (Å²) in [5.74, 6) is -1.28. The minimum absolute atomic E-state index is 0.704. The zero-order valence-electron chi connectivity index (χ0n) is 6.29. The first-order valence-electron chi connectivity index (χ1n) is 2.91. The Morgan fingerprint density at radius 1 is 1.70 bits per heavy atom. The number of aliphatic hydroxyl groups is 1. The molecule has 0 rings (SSSR count). The van der Waals surface area contributed by atoms with Crippen molar-refractivity contribution in [2.24, 2.45) is 0 Å². The normalized spacial score (nSPS) is 19.6. The van der Waals surface area contributed by atoms with Gasteiger partial charge in [0.2, 0.25) is 0 Å². The fourth-order valence-corrected chi connectivity index (χ4v) is 0.403. The van der Waals surface area contributed by atoms with Gasteiger partial charge in [-0.3, -0.25) is 0 Å². The molecule has 10 heavy (non-hydrogen) atoms. The third-order valence-electron chi connectivity index (χ3n) is 1.58. The first-order chi connectivity index (χ1) is 4.42. The van der Waals surface area contributed by atoms with Crippen molar-refractivity contribution >= 4 is 5.97 Å². The van der Waals surface area contributed by atoms with Gasteiger partial charge in [-0.25, -0.2) is 4.79 Å². The van der Waals surface area contributed by atoms with Crippen molar-refractivity contribution in [1.29, 1.82) is 0 Å². The van der Waals surface area contributed by atoms with Gasteiger partial charge in [-0.15, -0.1) is 0 Å². The Labute approximate surface area is 59.4 Å². The molecule has 60 valence electrons. The summed E-state index contributed by atoms with van der Waals surface area (Å²) in [4.78, 5) is 10.3. The average molecular weight is 148 g/mol. The summed E-state index contributed by atoms with van der Waals surface area (Å²) in [6.45, 7) is 2.69. The molecule has 4 nitrogen and oxygen atoms in total. The van der Waals surface area contributed by atoms with Crippen molar-refractivity contribution in [3.63, 3.8) is 0 Å². The molecule has 4 heteroatoms. The van der Waals surface area contributed by atoms with Crippen LogP contribution in [0, 0.1) is 0 Å². The Morgan fingerprint density at radius 3 is 2.20 bits per heavy atom. The molecule has 0 saturated heterocycles. The molecule has 2 unspecified atom stereocenters. The first-order valence-corrected chi connectivity index (χ1v) is 2.91. The van der Waals surface area contributed by atoms with Crippen LogP contribution in [0.1, 0.15) is 13.8 Å². The van der Waals surface area contributed by atoms with Crippen molar-refractivity contribution in [2.45, 2.75) is 25.6 Å². The Hall–Kier alpha value is -0.610. The lowest BCUT2D eigenvalue weighted by Crippen LogP contribution is -2.46. The number of rotatable bonds is 3. The molecule has 0 heterocycles. The number of carboxylic acid groups (broad SMARTS) is 1. The minimum Gasteiger partial charge on any atom is -0.479 e. The van der Waals surface area contributed by atoms with Crippen molar-refractivity contribution in [2.75, 3.05) is 7.11 Å². The van der Waals surface area contributed by atoms with E-state index in [0.29, 0.717) is 0 Å². The number of hydrogen-bond acceptors (Lipinski definition) is 3. The molecule has 0 radical (unpaired) electrons. The molecule has 0 aliphatic carbocycles. The van der Waals surface area contributed by atoms with Crippen LogP contribution in [-0.2, 0) is 9.53 Å². The lowest BCUT2D eigenvalue weighted by molar-refractivity contribution is -0.169. The number of methoxy groups -OCH3 is 1. The van der Waals surface area contributed by atoms with Gasteiger partial charge in [-0.1, -0.05) is 0 Å². The highest BCUT2D eigenvalue weighted by molar-refractivity contribution is 5.77. The number of ether oxygens (including phenoxy) is 1. The van der Waals surface area contributed by atoms with Gasteiger partial charge in [0, 0.05) is 7.11 Å². The Balaban J connectivity index is 4.23. The second-order valence-corrected chi connectivity index (χ2v) is 2.33. The summed E-state index contributed by atoms with van der Waals surface area (Å²) in [6, 6.07) is 0. The number of aliphatic carboxylic acids is 1. The highest BCUT2D eigenvalue weighted by Gasteiger charge is 2.36. The fourth-order valence-electron chi connectivity index (χ4n) is 0.403. The second kappa shape index (κ2) is 2.98. The Kier molecular flexibility index (Phi) is 2.80. The fraction of sp³-hybridized carbons (Fsp3) is 0.833. The maximum absolute atomic E-state index is 10.3. The van der Waals surface area contributed by atoms with Crippen LogP contribution in [0.3, 0.4) is 0 Å². The molecule has 2 N–H and O–H groups in total. The summed E-state index contributed by atoms with van der Waals surface area (Å²) in [5.41, 5.74) is -1.80. The predicted octanol–water partition coefficient (Wildman–Crippen LogP) is -0.143. The molecule has 0 aliphatic heterocycles. The van der Waals surface area contributed by atoms with E-state index in [9.17, 15) is 4.79 Å². The number of carbonyl (C=O) groups is 1. The van der Waals surface area contributed by atoms with Gasteiger partial charge < -0.3 is 14.9 Å². The molecule has 0 aliphatic rings.